The summed E-state index contributed by atoms with van der Waals surface area (Å²) in [5, 5.41) is 5.76. The summed E-state index contributed by atoms with van der Waals surface area (Å²) in [5.74, 6) is 0.793. The molecule has 0 saturated carbocycles. The van der Waals surface area contributed by atoms with Gasteiger partial charge < -0.3 is 5.32 Å². The minimum Gasteiger partial charge on any atom is -0.316 e. The molecule has 1 aliphatic rings. The highest BCUT2D eigenvalue weighted by Gasteiger charge is 2.24. The van der Waals surface area contributed by atoms with Gasteiger partial charge in [-0.1, -0.05) is 6.92 Å². The average molecular weight is 195 g/mol. The summed E-state index contributed by atoms with van der Waals surface area (Å²) in [6.45, 7) is 6.69. The van der Waals surface area contributed by atoms with Gasteiger partial charge in [0.1, 0.15) is 0 Å². The number of aryl methyl sites for hydroxylation is 2. The van der Waals surface area contributed by atoms with E-state index in [0.29, 0.717) is 0 Å². The van der Waals surface area contributed by atoms with Crippen LogP contribution in [0.2, 0.25) is 0 Å². The van der Waals surface area contributed by atoms with Crippen molar-refractivity contribution in [2.24, 2.45) is 0 Å². The Kier molecular flexibility index (Phi) is 2.70. The fraction of sp³-hybridized carbons (Fsp3) is 0.636. The molecule has 0 bridgehead atoms. The highest BCUT2D eigenvalue weighted by atomic mass is 32.1. The van der Waals surface area contributed by atoms with Crippen LogP contribution in [0.4, 0.5) is 0 Å². The van der Waals surface area contributed by atoms with Crippen molar-refractivity contribution < 1.29 is 0 Å². The predicted octanol–water partition coefficient (Wildman–Crippen LogP) is 2.70. The van der Waals surface area contributed by atoms with Gasteiger partial charge in [0.05, 0.1) is 0 Å². The fourth-order valence-electron chi connectivity index (χ4n) is 2.22. The molecule has 0 amide bonds. The topological polar surface area (TPSA) is 12.0 Å². The van der Waals surface area contributed by atoms with Crippen LogP contribution >= 0.6 is 11.3 Å². The largest absolute Gasteiger partial charge is 0.316 e. The third kappa shape index (κ3) is 1.65. The maximum Gasteiger partial charge on any atom is 0.00834 e. The smallest absolute Gasteiger partial charge is 0.00834 e. The van der Waals surface area contributed by atoms with E-state index in [4.69, 9.17) is 0 Å². The van der Waals surface area contributed by atoms with Crippen LogP contribution in [-0.4, -0.2) is 13.1 Å². The molecule has 1 heterocycles. The van der Waals surface area contributed by atoms with E-state index >= 15 is 0 Å². The van der Waals surface area contributed by atoms with Gasteiger partial charge in [-0.15, -0.1) is 11.3 Å². The molecule has 0 spiro atoms. The third-order valence-electron chi connectivity index (χ3n) is 2.87. The second kappa shape index (κ2) is 3.81. The van der Waals surface area contributed by atoms with Crippen LogP contribution in [0.15, 0.2) is 5.38 Å². The monoisotopic (exact) mass is 195 g/mol. The molecular formula is C11H17NS. The van der Waals surface area contributed by atoms with Crippen LogP contribution in [0.1, 0.15) is 35.3 Å². The molecule has 1 aliphatic carbocycles. The molecule has 1 N–H and O–H groups in total. The Balaban J connectivity index is 2.12. The summed E-state index contributed by atoms with van der Waals surface area (Å²) in [6.07, 6.45) is 2.67. The van der Waals surface area contributed by atoms with E-state index in [1.54, 1.807) is 10.4 Å². The zero-order valence-corrected chi connectivity index (χ0v) is 9.21. The molecule has 1 nitrogen and oxygen atoms in total. The van der Waals surface area contributed by atoms with Crippen LogP contribution in [0.3, 0.4) is 0 Å². The highest BCUT2D eigenvalue weighted by Crippen LogP contribution is 2.38. The predicted molar refractivity (Wildman–Crippen MR) is 58.7 cm³/mol. The van der Waals surface area contributed by atoms with E-state index in [-0.39, 0.29) is 0 Å². The molecule has 2 heteroatoms. The fourth-order valence-corrected chi connectivity index (χ4v) is 3.36. The Morgan fingerprint density at radius 2 is 2.46 bits per heavy atom. The second-order valence-corrected chi connectivity index (χ2v) is 4.76. The maximum atomic E-state index is 3.45. The molecule has 0 fully saturated rings. The lowest BCUT2D eigenvalue weighted by atomic mass is 10.0. The number of hydrogen-bond donors (Lipinski definition) is 1. The standard InChI is InChI=1S/C11H17NS/c1-3-12-6-9-4-5-10-11(9)8(2)7-13-10/h7,9,12H,3-6H2,1-2H3. The zero-order chi connectivity index (χ0) is 9.26. The first-order chi connectivity index (χ1) is 6.33. The molecule has 1 atom stereocenters. The molecule has 0 radical (unpaired) electrons. The highest BCUT2D eigenvalue weighted by molar-refractivity contribution is 7.10. The Morgan fingerprint density at radius 3 is 3.23 bits per heavy atom. The van der Waals surface area contributed by atoms with E-state index in [9.17, 15) is 0 Å². The molecule has 0 aliphatic heterocycles. The van der Waals surface area contributed by atoms with Gasteiger partial charge in [-0.2, -0.15) is 0 Å². The van der Waals surface area contributed by atoms with Crippen LogP contribution in [0.5, 0.6) is 0 Å². The molecule has 2 rings (SSSR count). The lowest BCUT2D eigenvalue weighted by molar-refractivity contribution is 0.592. The lowest BCUT2D eigenvalue weighted by Gasteiger charge is -2.11. The van der Waals surface area contributed by atoms with Crippen molar-refractivity contribution in [1.82, 2.24) is 5.32 Å². The van der Waals surface area contributed by atoms with Gasteiger partial charge in [0.2, 0.25) is 0 Å². The van der Waals surface area contributed by atoms with Crippen LogP contribution in [-0.2, 0) is 6.42 Å². The molecule has 0 aromatic carbocycles. The summed E-state index contributed by atoms with van der Waals surface area (Å²) in [6, 6.07) is 0. The minimum absolute atomic E-state index is 0.793. The van der Waals surface area contributed by atoms with E-state index in [1.807, 2.05) is 11.3 Å². The van der Waals surface area contributed by atoms with Crippen molar-refractivity contribution in [2.75, 3.05) is 13.1 Å². The van der Waals surface area contributed by atoms with E-state index in [0.717, 1.165) is 12.5 Å². The van der Waals surface area contributed by atoms with E-state index in [2.05, 4.69) is 24.5 Å². The number of hydrogen-bond acceptors (Lipinski definition) is 2. The molecule has 72 valence electrons. The van der Waals surface area contributed by atoms with Gasteiger partial charge >= 0.3 is 0 Å². The Hall–Kier alpha value is -0.340. The summed E-state index contributed by atoms with van der Waals surface area (Å²) >= 11 is 1.95. The van der Waals surface area contributed by atoms with E-state index < -0.39 is 0 Å². The molecule has 13 heavy (non-hydrogen) atoms. The Labute approximate surface area is 84.2 Å². The summed E-state index contributed by atoms with van der Waals surface area (Å²) in [5.41, 5.74) is 3.17. The second-order valence-electron chi connectivity index (χ2n) is 3.80. The minimum atomic E-state index is 0.793. The normalized spacial score (nSPS) is 20.6. The quantitative estimate of drug-likeness (QED) is 0.782. The number of nitrogens with one attached hydrogen (secondary N) is 1. The van der Waals surface area contributed by atoms with Crippen molar-refractivity contribution in [3.8, 4) is 0 Å². The van der Waals surface area contributed by atoms with Crippen LogP contribution < -0.4 is 5.32 Å². The van der Waals surface area contributed by atoms with Crippen molar-refractivity contribution >= 4 is 11.3 Å². The van der Waals surface area contributed by atoms with Gasteiger partial charge in [0.25, 0.3) is 0 Å². The first-order valence-electron chi connectivity index (χ1n) is 5.10. The van der Waals surface area contributed by atoms with Crippen LogP contribution in [0.25, 0.3) is 0 Å². The Bertz CT molecular complexity index is 290. The van der Waals surface area contributed by atoms with Crippen molar-refractivity contribution in [1.29, 1.82) is 0 Å². The number of thiophene rings is 1. The number of fused-ring (bicyclic) bond motifs is 1. The first kappa shape index (κ1) is 9.22. The molecular weight excluding hydrogens is 178 g/mol. The SMILES string of the molecule is CCNCC1CCc2scc(C)c21. The van der Waals surface area contributed by atoms with Crippen molar-refractivity contribution in [3.05, 3.63) is 21.4 Å². The van der Waals surface area contributed by atoms with Gasteiger partial charge in [0.15, 0.2) is 0 Å². The maximum absolute atomic E-state index is 3.45. The lowest BCUT2D eigenvalue weighted by Crippen LogP contribution is -2.19. The zero-order valence-electron chi connectivity index (χ0n) is 8.39. The third-order valence-corrected chi connectivity index (χ3v) is 4.05. The number of likely N-dealkylation sites (N-methyl/N-ethyl adjacent to an activating group) is 1. The van der Waals surface area contributed by atoms with Crippen molar-refractivity contribution in [2.45, 2.75) is 32.6 Å². The van der Waals surface area contributed by atoms with Gasteiger partial charge in [-0.3, -0.25) is 0 Å². The van der Waals surface area contributed by atoms with E-state index in [1.165, 1.54) is 24.9 Å². The van der Waals surface area contributed by atoms with Crippen molar-refractivity contribution in [3.63, 3.8) is 0 Å². The average Bonchev–Trinajstić information content (AvgIpc) is 2.67. The van der Waals surface area contributed by atoms with Gasteiger partial charge in [-0.05, 0) is 48.7 Å². The number of rotatable bonds is 3. The summed E-state index contributed by atoms with van der Waals surface area (Å²) in [7, 11) is 0. The van der Waals surface area contributed by atoms with Crippen LogP contribution in [0, 0.1) is 6.92 Å². The Morgan fingerprint density at radius 1 is 1.62 bits per heavy atom. The van der Waals surface area contributed by atoms with Gasteiger partial charge in [0, 0.05) is 11.4 Å². The molecule has 1 aromatic heterocycles. The first-order valence-corrected chi connectivity index (χ1v) is 5.98. The summed E-state index contributed by atoms with van der Waals surface area (Å²) < 4.78 is 0. The summed E-state index contributed by atoms with van der Waals surface area (Å²) in [4.78, 5) is 1.64. The molecule has 1 aromatic rings. The molecule has 1 unspecified atom stereocenters. The van der Waals surface area contributed by atoms with Gasteiger partial charge in [-0.25, -0.2) is 0 Å². The molecule has 0 saturated heterocycles.